The van der Waals surface area contributed by atoms with Crippen LogP contribution < -0.4 is 14.8 Å². The lowest BCUT2D eigenvalue weighted by atomic mass is 9.91. The molecule has 0 saturated heterocycles. The van der Waals surface area contributed by atoms with Gasteiger partial charge in [-0.05, 0) is 24.6 Å². The lowest BCUT2D eigenvalue weighted by molar-refractivity contribution is -0.120. The molecule has 2 N–H and O–H groups in total. The molecule has 0 spiro atoms. The van der Waals surface area contributed by atoms with E-state index in [4.69, 9.17) is 9.47 Å². The summed E-state index contributed by atoms with van der Waals surface area (Å²) in [6.45, 7) is 3.29. The molecule has 118 valence electrons. The van der Waals surface area contributed by atoms with Crippen LogP contribution in [-0.4, -0.2) is 40.8 Å². The summed E-state index contributed by atoms with van der Waals surface area (Å²) < 4.78 is 10.5. The zero-order valence-corrected chi connectivity index (χ0v) is 13.0. The number of aromatic amines is 1. The first-order valence-corrected chi connectivity index (χ1v) is 6.72. The van der Waals surface area contributed by atoms with E-state index in [0.29, 0.717) is 23.7 Å². The summed E-state index contributed by atoms with van der Waals surface area (Å²) in [7, 11) is 3.16. The van der Waals surface area contributed by atoms with E-state index >= 15 is 0 Å². The molecule has 1 aromatic carbocycles. The topological polar surface area (TPSA) is 102 Å². The number of benzene rings is 1. The third-order valence-corrected chi connectivity index (χ3v) is 3.30. The van der Waals surface area contributed by atoms with Crippen LogP contribution >= 0.6 is 0 Å². The summed E-state index contributed by atoms with van der Waals surface area (Å²) in [6, 6.07) is 5.58. The fourth-order valence-corrected chi connectivity index (χ4v) is 2.36. The van der Waals surface area contributed by atoms with Gasteiger partial charge in [-0.1, -0.05) is 11.3 Å². The standard InChI is InChI=1S/C14H19N5O3/c1-9(20)15-14(2,13-16-18-19-17-13)8-10-5-6-11(21-3)12(7-10)22-4/h5-7H,8H2,1-4H3,(H,15,20)(H,16,17,18,19). The smallest absolute Gasteiger partial charge is 0.217 e. The number of hydrogen-bond donors (Lipinski definition) is 2. The zero-order valence-electron chi connectivity index (χ0n) is 13.0. The van der Waals surface area contributed by atoms with E-state index in [9.17, 15) is 4.79 Å². The van der Waals surface area contributed by atoms with E-state index in [1.54, 1.807) is 14.2 Å². The number of hydrogen-bond acceptors (Lipinski definition) is 6. The van der Waals surface area contributed by atoms with Gasteiger partial charge >= 0.3 is 0 Å². The Balaban J connectivity index is 2.33. The highest BCUT2D eigenvalue weighted by Gasteiger charge is 2.32. The summed E-state index contributed by atoms with van der Waals surface area (Å²) in [4.78, 5) is 11.5. The van der Waals surface area contributed by atoms with E-state index in [1.807, 2.05) is 25.1 Å². The van der Waals surface area contributed by atoms with Crippen LogP contribution in [0.25, 0.3) is 0 Å². The Morgan fingerprint density at radius 2 is 2.05 bits per heavy atom. The van der Waals surface area contributed by atoms with Crippen molar-refractivity contribution in [2.24, 2.45) is 0 Å². The first-order valence-electron chi connectivity index (χ1n) is 6.72. The highest BCUT2D eigenvalue weighted by atomic mass is 16.5. The van der Waals surface area contributed by atoms with Crippen LogP contribution in [0.2, 0.25) is 0 Å². The molecule has 1 atom stereocenters. The molecule has 0 aliphatic carbocycles. The number of rotatable bonds is 6. The van der Waals surface area contributed by atoms with Crippen LogP contribution in [0.15, 0.2) is 18.2 Å². The van der Waals surface area contributed by atoms with E-state index in [-0.39, 0.29) is 5.91 Å². The van der Waals surface area contributed by atoms with Gasteiger partial charge in [0.05, 0.1) is 14.2 Å². The molecule has 0 bridgehead atoms. The summed E-state index contributed by atoms with van der Waals surface area (Å²) in [5.41, 5.74) is 0.164. The highest BCUT2D eigenvalue weighted by molar-refractivity contribution is 5.74. The van der Waals surface area contributed by atoms with Gasteiger partial charge in [0.1, 0.15) is 5.54 Å². The van der Waals surface area contributed by atoms with Gasteiger partial charge in [0.15, 0.2) is 17.3 Å². The second kappa shape index (κ2) is 6.42. The van der Waals surface area contributed by atoms with Crippen LogP contribution in [0.4, 0.5) is 0 Å². The van der Waals surface area contributed by atoms with Gasteiger partial charge in [-0.3, -0.25) is 4.79 Å². The van der Waals surface area contributed by atoms with Crippen LogP contribution in [0.1, 0.15) is 25.2 Å². The molecule has 1 amide bonds. The summed E-state index contributed by atoms with van der Waals surface area (Å²) in [5, 5.41) is 16.8. The van der Waals surface area contributed by atoms with E-state index < -0.39 is 5.54 Å². The SMILES string of the molecule is COc1ccc(CC(C)(NC(C)=O)c2nn[nH]n2)cc1OC. The lowest BCUT2D eigenvalue weighted by Gasteiger charge is -2.27. The number of nitrogens with zero attached hydrogens (tertiary/aromatic N) is 3. The average molecular weight is 305 g/mol. The molecule has 8 nitrogen and oxygen atoms in total. The molecule has 8 heteroatoms. The minimum Gasteiger partial charge on any atom is -0.493 e. The van der Waals surface area contributed by atoms with Gasteiger partial charge < -0.3 is 14.8 Å². The number of ether oxygens (including phenoxy) is 2. The Morgan fingerprint density at radius 1 is 1.32 bits per heavy atom. The van der Waals surface area contributed by atoms with Crippen molar-refractivity contribution in [3.63, 3.8) is 0 Å². The van der Waals surface area contributed by atoms with Gasteiger partial charge in [0.25, 0.3) is 0 Å². The lowest BCUT2D eigenvalue weighted by Crippen LogP contribution is -2.45. The minimum atomic E-state index is -0.779. The van der Waals surface area contributed by atoms with Gasteiger partial charge in [-0.15, -0.1) is 10.2 Å². The Hall–Kier alpha value is -2.64. The summed E-state index contributed by atoms with van der Waals surface area (Å²) >= 11 is 0. The van der Waals surface area contributed by atoms with Crippen LogP contribution in [0.3, 0.4) is 0 Å². The van der Waals surface area contributed by atoms with Crippen molar-refractivity contribution in [2.45, 2.75) is 25.8 Å². The van der Waals surface area contributed by atoms with Gasteiger partial charge in [0.2, 0.25) is 5.91 Å². The number of methoxy groups -OCH3 is 2. The second-order valence-corrected chi connectivity index (χ2v) is 5.11. The molecular formula is C14H19N5O3. The minimum absolute atomic E-state index is 0.173. The number of carbonyl (C=O) groups excluding carboxylic acids is 1. The highest BCUT2D eigenvalue weighted by Crippen LogP contribution is 2.30. The first-order chi connectivity index (χ1) is 10.5. The second-order valence-electron chi connectivity index (χ2n) is 5.11. The number of aromatic nitrogens is 4. The van der Waals surface area contributed by atoms with Crippen molar-refractivity contribution in [1.82, 2.24) is 25.9 Å². The largest absolute Gasteiger partial charge is 0.493 e. The maximum Gasteiger partial charge on any atom is 0.217 e. The van der Waals surface area contributed by atoms with Crippen molar-refractivity contribution in [1.29, 1.82) is 0 Å². The number of amides is 1. The van der Waals surface area contributed by atoms with Crippen molar-refractivity contribution >= 4 is 5.91 Å². The Bertz CT molecular complexity index is 644. The van der Waals surface area contributed by atoms with Crippen molar-refractivity contribution in [2.75, 3.05) is 14.2 Å². The van der Waals surface area contributed by atoms with Crippen molar-refractivity contribution in [3.8, 4) is 11.5 Å². The Kier molecular flexibility index (Phi) is 4.59. The zero-order chi connectivity index (χ0) is 16.2. The van der Waals surface area contributed by atoms with E-state index in [2.05, 4.69) is 25.9 Å². The molecule has 2 rings (SSSR count). The van der Waals surface area contributed by atoms with E-state index in [1.165, 1.54) is 6.92 Å². The molecule has 1 heterocycles. The first kappa shape index (κ1) is 15.7. The Labute approximate surface area is 128 Å². The normalized spacial score (nSPS) is 13.3. The molecule has 1 aromatic heterocycles. The maximum absolute atomic E-state index is 11.5. The molecular weight excluding hydrogens is 286 g/mol. The van der Waals surface area contributed by atoms with Crippen LogP contribution in [0.5, 0.6) is 11.5 Å². The Morgan fingerprint density at radius 3 is 2.59 bits per heavy atom. The predicted molar refractivity (Wildman–Crippen MR) is 78.6 cm³/mol. The third kappa shape index (κ3) is 3.33. The van der Waals surface area contributed by atoms with E-state index in [0.717, 1.165) is 5.56 Å². The number of nitrogens with one attached hydrogen (secondary N) is 2. The van der Waals surface area contributed by atoms with Crippen molar-refractivity contribution < 1.29 is 14.3 Å². The van der Waals surface area contributed by atoms with Crippen LogP contribution in [0, 0.1) is 0 Å². The fourth-order valence-electron chi connectivity index (χ4n) is 2.36. The molecule has 0 fully saturated rings. The van der Waals surface area contributed by atoms with Gasteiger partial charge in [-0.25, -0.2) is 0 Å². The maximum atomic E-state index is 11.5. The molecule has 1 unspecified atom stereocenters. The molecule has 22 heavy (non-hydrogen) atoms. The summed E-state index contributed by atoms with van der Waals surface area (Å²) in [6.07, 6.45) is 0.479. The third-order valence-electron chi connectivity index (χ3n) is 3.30. The fraction of sp³-hybridized carbons (Fsp3) is 0.429. The van der Waals surface area contributed by atoms with Crippen molar-refractivity contribution in [3.05, 3.63) is 29.6 Å². The van der Waals surface area contributed by atoms with Gasteiger partial charge in [-0.2, -0.15) is 5.21 Å². The predicted octanol–water partition coefficient (Wildman–Crippen LogP) is 0.811. The quantitative estimate of drug-likeness (QED) is 0.819. The molecule has 0 aliphatic heterocycles. The number of tetrazole rings is 1. The summed E-state index contributed by atoms with van der Waals surface area (Å²) in [5.74, 6) is 1.51. The molecule has 2 aromatic rings. The molecule has 0 aliphatic rings. The monoisotopic (exact) mass is 305 g/mol. The number of carbonyl (C=O) groups is 1. The van der Waals surface area contributed by atoms with Crippen LogP contribution in [-0.2, 0) is 16.8 Å². The average Bonchev–Trinajstić information content (AvgIpc) is 3.01. The molecule has 0 saturated carbocycles. The molecule has 0 radical (unpaired) electrons. The number of H-pyrrole nitrogens is 1. The van der Waals surface area contributed by atoms with Gasteiger partial charge in [0, 0.05) is 13.3 Å².